The van der Waals surface area contributed by atoms with Gasteiger partial charge in [-0.2, -0.15) is 13.2 Å². The largest absolute Gasteiger partial charge is 0.418 e. The van der Waals surface area contributed by atoms with Crippen molar-refractivity contribution in [1.82, 2.24) is 4.57 Å². The lowest BCUT2D eigenvalue weighted by Gasteiger charge is -2.31. The summed E-state index contributed by atoms with van der Waals surface area (Å²) in [5.74, 6) is -3.99. The number of halogens is 4. The van der Waals surface area contributed by atoms with Crippen LogP contribution in [0.15, 0.2) is 82.6 Å². The standard InChI is InChI=1S/C33H27ClF3N3O4S2/c1-32(2,3)18-10-8-17(9-11-18)24-25-26(29(43)40(28(25)42)22-7-5-4-6-21(22)33(35,36)37)45-30-27(24)46-31(44)39(30)16-23(41)38-20-14-12-19(34)13-15-20/h4-15,24-26H,16H2,1-3H3,(H,38,41). The van der Waals surface area contributed by atoms with Gasteiger partial charge in [-0.15, -0.1) is 0 Å². The number of carbonyl (C=O) groups excluding carboxylic acids is 3. The van der Waals surface area contributed by atoms with Gasteiger partial charge in [0.25, 0.3) is 0 Å². The number of amides is 3. The molecule has 1 fully saturated rings. The molecule has 2 aliphatic rings. The van der Waals surface area contributed by atoms with Crippen LogP contribution >= 0.6 is 34.7 Å². The minimum absolute atomic E-state index is 0.183. The van der Waals surface area contributed by atoms with Gasteiger partial charge in [-0.25, -0.2) is 4.90 Å². The number of fused-ring (bicyclic) bond motifs is 2. The number of alkyl halides is 3. The fraction of sp³-hybridized carbons (Fsp3) is 0.273. The van der Waals surface area contributed by atoms with Gasteiger partial charge in [-0.3, -0.25) is 23.7 Å². The van der Waals surface area contributed by atoms with E-state index in [1.54, 1.807) is 24.3 Å². The van der Waals surface area contributed by atoms with Gasteiger partial charge in [0.1, 0.15) is 11.8 Å². The van der Waals surface area contributed by atoms with E-state index in [4.69, 9.17) is 11.6 Å². The molecule has 0 radical (unpaired) electrons. The lowest BCUT2D eigenvalue weighted by Crippen LogP contribution is -2.33. The Balaban J connectivity index is 1.44. The molecule has 1 N–H and O–H groups in total. The van der Waals surface area contributed by atoms with Gasteiger partial charge in [0.15, 0.2) is 0 Å². The van der Waals surface area contributed by atoms with Crippen molar-refractivity contribution in [3.63, 3.8) is 0 Å². The Morgan fingerprint density at radius 2 is 1.57 bits per heavy atom. The summed E-state index contributed by atoms with van der Waals surface area (Å²) in [7, 11) is 0. The third kappa shape index (κ3) is 5.78. The monoisotopic (exact) mass is 685 g/mol. The molecule has 0 aliphatic carbocycles. The second-order valence-electron chi connectivity index (χ2n) is 12.1. The molecule has 3 atom stereocenters. The van der Waals surface area contributed by atoms with Crippen molar-refractivity contribution in [1.29, 1.82) is 0 Å². The minimum Gasteiger partial charge on any atom is -0.325 e. The Labute approximate surface area is 275 Å². The summed E-state index contributed by atoms with van der Waals surface area (Å²) >= 11 is 7.74. The third-order valence-electron chi connectivity index (χ3n) is 8.07. The fourth-order valence-electron chi connectivity index (χ4n) is 5.83. The summed E-state index contributed by atoms with van der Waals surface area (Å²) in [5, 5.41) is 2.40. The van der Waals surface area contributed by atoms with Crippen molar-refractivity contribution in [3.8, 4) is 0 Å². The maximum absolute atomic E-state index is 14.1. The molecule has 3 heterocycles. The second kappa shape index (κ2) is 11.7. The minimum atomic E-state index is -4.81. The van der Waals surface area contributed by atoms with Crippen molar-refractivity contribution < 1.29 is 27.6 Å². The van der Waals surface area contributed by atoms with Crippen molar-refractivity contribution in [2.45, 2.75) is 55.1 Å². The molecule has 0 spiro atoms. The molecule has 1 saturated heterocycles. The number of anilines is 2. The number of hydrogen-bond acceptors (Lipinski definition) is 6. The van der Waals surface area contributed by atoms with Gasteiger partial charge in [-0.1, -0.05) is 91.9 Å². The first-order chi connectivity index (χ1) is 21.6. The normalized spacial score (nSPS) is 19.6. The second-order valence-corrected chi connectivity index (χ2v) is 14.7. The molecular weight excluding hydrogens is 659 g/mol. The molecule has 4 aromatic rings. The van der Waals surface area contributed by atoms with Crippen molar-refractivity contribution in [2.24, 2.45) is 5.92 Å². The van der Waals surface area contributed by atoms with Crippen LogP contribution in [0.1, 0.15) is 48.3 Å². The predicted molar refractivity (Wildman–Crippen MR) is 173 cm³/mol. The van der Waals surface area contributed by atoms with Crippen LogP contribution in [-0.4, -0.2) is 27.5 Å². The predicted octanol–water partition coefficient (Wildman–Crippen LogP) is 7.31. The van der Waals surface area contributed by atoms with Crippen LogP contribution in [0.2, 0.25) is 5.02 Å². The quantitative estimate of drug-likeness (QED) is 0.223. The number of thiazole rings is 1. The molecule has 2 aliphatic heterocycles. The fourth-order valence-corrected chi connectivity index (χ4v) is 8.73. The number of rotatable bonds is 5. The maximum Gasteiger partial charge on any atom is 0.418 e. The number of thioether (sulfide) groups is 1. The molecule has 0 saturated carbocycles. The lowest BCUT2D eigenvalue weighted by atomic mass is 9.81. The van der Waals surface area contributed by atoms with Gasteiger partial charge in [0.05, 0.1) is 22.2 Å². The first-order valence-electron chi connectivity index (χ1n) is 14.2. The smallest absolute Gasteiger partial charge is 0.325 e. The van der Waals surface area contributed by atoms with Crippen molar-refractivity contribution in [2.75, 3.05) is 10.2 Å². The van der Waals surface area contributed by atoms with E-state index < -0.39 is 57.1 Å². The molecule has 238 valence electrons. The summed E-state index contributed by atoms with van der Waals surface area (Å²) < 4.78 is 43.3. The highest BCUT2D eigenvalue weighted by atomic mass is 35.5. The first-order valence-corrected chi connectivity index (χ1v) is 16.3. The number of nitrogens with zero attached hydrogens (tertiary/aromatic N) is 2. The highest BCUT2D eigenvalue weighted by molar-refractivity contribution is 8.00. The Hall–Kier alpha value is -3.87. The lowest BCUT2D eigenvalue weighted by molar-refractivity contribution is -0.137. The number of nitrogens with one attached hydrogen (secondary N) is 1. The number of para-hydroxylation sites is 1. The van der Waals surface area contributed by atoms with E-state index in [1.807, 2.05) is 45.0 Å². The summed E-state index contributed by atoms with van der Waals surface area (Å²) in [6.45, 7) is 5.76. The zero-order valence-corrected chi connectivity index (χ0v) is 27.1. The van der Waals surface area contributed by atoms with E-state index in [0.717, 1.165) is 40.8 Å². The Bertz CT molecular complexity index is 1910. The van der Waals surface area contributed by atoms with Gasteiger partial charge in [0, 0.05) is 21.5 Å². The summed E-state index contributed by atoms with van der Waals surface area (Å²) in [6, 6.07) is 18.4. The number of carbonyl (C=O) groups is 3. The summed E-state index contributed by atoms with van der Waals surface area (Å²) in [6.07, 6.45) is -4.81. The molecule has 46 heavy (non-hydrogen) atoms. The van der Waals surface area contributed by atoms with Crippen LogP contribution in [0.4, 0.5) is 24.5 Å². The number of benzene rings is 3. The van der Waals surface area contributed by atoms with E-state index >= 15 is 0 Å². The number of hydrogen-bond donors (Lipinski definition) is 1. The third-order valence-corrected chi connectivity index (χ3v) is 10.9. The van der Waals surface area contributed by atoms with Crippen LogP contribution in [-0.2, 0) is 32.5 Å². The Morgan fingerprint density at radius 1 is 0.913 bits per heavy atom. The van der Waals surface area contributed by atoms with E-state index in [1.165, 1.54) is 16.7 Å². The SMILES string of the molecule is CC(C)(C)c1ccc(C2c3sc(=O)n(CC(=O)Nc4ccc(Cl)cc4)c3SC3C(=O)N(c4ccccc4C(F)(F)F)C(=O)C32)cc1. The van der Waals surface area contributed by atoms with E-state index in [-0.39, 0.29) is 12.0 Å². The molecule has 0 bridgehead atoms. The summed E-state index contributed by atoms with van der Waals surface area (Å²) in [5.41, 5.74) is 0.291. The van der Waals surface area contributed by atoms with Gasteiger partial charge < -0.3 is 5.32 Å². The zero-order chi connectivity index (χ0) is 33.1. The number of aromatic nitrogens is 1. The van der Waals surface area contributed by atoms with E-state index in [0.29, 0.717) is 31.1 Å². The molecule has 1 aromatic heterocycles. The van der Waals surface area contributed by atoms with Crippen LogP contribution in [0, 0.1) is 5.92 Å². The van der Waals surface area contributed by atoms with Crippen LogP contribution in [0.5, 0.6) is 0 Å². The average Bonchev–Trinajstić information content (AvgIpc) is 3.43. The maximum atomic E-state index is 14.1. The average molecular weight is 686 g/mol. The van der Waals surface area contributed by atoms with E-state index in [9.17, 15) is 32.3 Å². The molecule has 7 nitrogen and oxygen atoms in total. The Kier molecular flexibility index (Phi) is 8.19. The van der Waals surface area contributed by atoms with Crippen LogP contribution < -0.4 is 15.1 Å². The van der Waals surface area contributed by atoms with Crippen LogP contribution in [0.25, 0.3) is 0 Å². The highest BCUT2D eigenvalue weighted by Gasteiger charge is 2.57. The van der Waals surface area contributed by atoms with Crippen LogP contribution in [0.3, 0.4) is 0 Å². The van der Waals surface area contributed by atoms with E-state index in [2.05, 4.69) is 5.32 Å². The summed E-state index contributed by atoms with van der Waals surface area (Å²) in [4.78, 5) is 55.2. The molecule has 13 heteroatoms. The first kappa shape index (κ1) is 32.1. The van der Waals surface area contributed by atoms with Crippen molar-refractivity contribution >= 4 is 63.8 Å². The zero-order valence-electron chi connectivity index (χ0n) is 24.7. The molecule has 3 amide bonds. The molecular formula is C33H27ClF3N3O4S2. The topological polar surface area (TPSA) is 88.5 Å². The van der Waals surface area contributed by atoms with Gasteiger partial charge in [-0.05, 0) is 52.9 Å². The van der Waals surface area contributed by atoms with Gasteiger partial charge >= 0.3 is 11.0 Å². The van der Waals surface area contributed by atoms with Crippen molar-refractivity contribution in [3.05, 3.63) is 109 Å². The highest BCUT2D eigenvalue weighted by Crippen LogP contribution is 2.54. The number of imide groups is 1. The molecule has 3 unspecified atom stereocenters. The molecule has 3 aromatic carbocycles. The Morgan fingerprint density at radius 3 is 2.20 bits per heavy atom. The molecule has 6 rings (SSSR count). The van der Waals surface area contributed by atoms with Gasteiger partial charge in [0.2, 0.25) is 17.7 Å².